The summed E-state index contributed by atoms with van der Waals surface area (Å²) in [5, 5.41) is 23.1. The van der Waals surface area contributed by atoms with Crippen LogP contribution in [0.15, 0.2) is 24.3 Å². The molecule has 1 saturated carbocycles. The molecule has 0 bridgehead atoms. The first-order valence-corrected chi connectivity index (χ1v) is 5.80. The van der Waals surface area contributed by atoms with Gasteiger partial charge in [-0.1, -0.05) is 24.6 Å². The van der Waals surface area contributed by atoms with Gasteiger partial charge in [-0.15, -0.1) is 10.2 Å². The molecule has 0 spiro atoms. The average Bonchev–Trinajstić information content (AvgIpc) is 2.80. The highest BCUT2D eigenvalue weighted by molar-refractivity contribution is 5.83. The molecule has 1 aromatic heterocycles. The van der Waals surface area contributed by atoms with Gasteiger partial charge in [0.25, 0.3) is 0 Å². The molecule has 0 atom stereocenters. The van der Waals surface area contributed by atoms with Gasteiger partial charge in [0.1, 0.15) is 0 Å². The Kier molecular flexibility index (Phi) is 2.36. The maximum absolute atomic E-state index is 11.5. The minimum Gasteiger partial charge on any atom is -0.481 e. The molecule has 3 rings (SSSR count). The molecule has 0 radical (unpaired) electrons. The molecule has 6 heteroatoms. The molecule has 0 saturated heterocycles. The molecular formula is C12H12N4O2. The molecule has 6 nitrogen and oxygen atoms in total. The molecule has 1 aliphatic carbocycles. The number of carbonyl (C=O) groups is 1. The summed E-state index contributed by atoms with van der Waals surface area (Å²) in [4.78, 5) is 11.5. The zero-order chi connectivity index (χ0) is 12.6. The normalized spacial score (nSPS) is 17.1. The van der Waals surface area contributed by atoms with Gasteiger partial charge < -0.3 is 5.11 Å². The molecule has 0 unspecified atom stereocenters. The molecule has 2 aromatic rings. The van der Waals surface area contributed by atoms with E-state index in [1.165, 1.54) is 0 Å². The van der Waals surface area contributed by atoms with E-state index in [2.05, 4.69) is 20.6 Å². The summed E-state index contributed by atoms with van der Waals surface area (Å²) in [5.74, 6) is -0.268. The lowest BCUT2D eigenvalue weighted by molar-refractivity contribution is -0.147. The van der Waals surface area contributed by atoms with Crippen molar-refractivity contribution in [3.05, 3.63) is 29.8 Å². The second-order valence-corrected chi connectivity index (χ2v) is 4.56. The Bertz CT molecular complexity index is 576. The van der Waals surface area contributed by atoms with E-state index >= 15 is 0 Å². The van der Waals surface area contributed by atoms with Crippen LogP contribution in [-0.4, -0.2) is 31.7 Å². The van der Waals surface area contributed by atoms with Gasteiger partial charge in [-0.3, -0.25) is 4.79 Å². The topological polar surface area (TPSA) is 91.8 Å². The van der Waals surface area contributed by atoms with E-state index in [9.17, 15) is 9.90 Å². The number of nitrogens with one attached hydrogen (secondary N) is 1. The van der Waals surface area contributed by atoms with E-state index in [1.807, 2.05) is 24.3 Å². The van der Waals surface area contributed by atoms with Crippen molar-refractivity contribution >= 4 is 5.97 Å². The van der Waals surface area contributed by atoms with Crippen molar-refractivity contribution in [1.29, 1.82) is 0 Å². The van der Waals surface area contributed by atoms with Crippen LogP contribution >= 0.6 is 0 Å². The molecule has 92 valence electrons. The maximum atomic E-state index is 11.5. The zero-order valence-electron chi connectivity index (χ0n) is 9.63. The fourth-order valence-corrected chi connectivity index (χ4v) is 2.40. The second kappa shape index (κ2) is 3.90. The Morgan fingerprint density at radius 3 is 2.78 bits per heavy atom. The lowest BCUT2D eigenvalue weighted by atomic mass is 9.64. The summed E-state index contributed by atoms with van der Waals surface area (Å²) in [6, 6.07) is 7.39. The van der Waals surface area contributed by atoms with Crippen LogP contribution < -0.4 is 0 Å². The summed E-state index contributed by atoms with van der Waals surface area (Å²) in [6.07, 6.45) is 2.34. The Morgan fingerprint density at radius 1 is 1.39 bits per heavy atom. The van der Waals surface area contributed by atoms with Crippen molar-refractivity contribution in [3.8, 4) is 11.4 Å². The lowest BCUT2D eigenvalue weighted by Crippen LogP contribution is -2.42. The van der Waals surface area contributed by atoms with Crippen molar-refractivity contribution in [2.75, 3.05) is 0 Å². The molecular weight excluding hydrogens is 232 g/mol. The number of carboxylic acids is 1. The molecule has 1 aromatic carbocycles. The number of aliphatic carboxylic acids is 1. The van der Waals surface area contributed by atoms with Crippen LogP contribution in [0.1, 0.15) is 24.8 Å². The Balaban J connectivity index is 2.04. The van der Waals surface area contributed by atoms with Crippen LogP contribution in [0.25, 0.3) is 11.4 Å². The molecule has 18 heavy (non-hydrogen) atoms. The van der Waals surface area contributed by atoms with Gasteiger partial charge in [0, 0.05) is 5.56 Å². The number of hydrogen-bond donors (Lipinski definition) is 2. The predicted molar refractivity (Wildman–Crippen MR) is 62.8 cm³/mol. The predicted octanol–water partition coefficient (Wildman–Crippen LogP) is 1.37. The molecule has 1 aliphatic rings. The Morgan fingerprint density at radius 2 is 2.22 bits per heavy atom. The third-order valence-electron chi connectivity index (χ3n) is 3.64. The number of tetrazole rings is 1. The number of aromatic nitrogens is 4. The van der Waals surface area contributed by atoms with Gasteiger partial charge in [-0.25, -0.2) is 0 Å². The van der Waals surface area contributed by atoms with Crippen molar-refractivity contribution in [1.82, 2.24) is 20.6 Å². The van der Waals surface area contributed by atoms with Crippen molar-refractivity contribution in [3.63, 3.8) is 0 Å². The monoisotopic (exact) mass is 244 g/mol. The highest BCUT2D eigenvalue weighted by atomic mass is 16.4. The second-order valence-electron chi connectivity index (χ2n) is 4.56. The van der Waals surface area contributed by atoms with E-state index in [-0.39, 0.29) is 0 Å². The summed E-state index contributed by atoms with van der Waals surface area (Å²) < 4.78 is 0. The number of nitrogens with zero attached hydrogens (tertiary/aromatic N) is 3. The smallest absolute Gasteiger partial charge is 0.314 e. The van der Waals surface area contributed by atoms with Gasteiger partial charge >= 0.3 is 5.97 Å². The highest BCUT2D eigenvalue weighted by Gasteiger charge is 2.45. The maximum Gasteiger partial charge on any atom is 0.314 e. The highest BCUT2D eigenvalue weighted by Crippen LogP contribution is 2.44. The van der Waals surface area contributed by atoms with E-state index in [0.717, 1.165) is 17.5 Å². The van der Waals surface area contributed by atoms with Crippen LogP contribution in [-0.2, 0) is 10.2 Å². The SMILES string of the molecule is O=C(O)C1(c2cccc(-c3nn[nH]n3)c2)CCC1. The third kappa shape index (κ3) is 1.49. The zero-order valence-corrected chi connectivity index (χ0v) is 9.63. The van der Waals surface area contributed by atoms with E-state index in [0.29, 0.717) is 18.7 Å². The van der Waals surface area contributed by atoms with E-state index < -0.39 is 11.4 Å². The summed E-state index contributed by atoms with van der Waals surface area (Å²) in [7, 11) is 0. The van der Waals surface area contributed by atoms with Gasteiger partial charge in [0.15, 0.2) is 0 Å². The first-order valence-electron chi connectivity index (χ1n) is 5.80. The third-order valence-corrected chi connectivity index (χ3v) is 3.64. The Labute approximate surface area is 103 Å². The van der Waals surface area contributed by atoms with Gasteiger partial charge in [0.05, 0.1) is 5.41 Å². The Hall–Kier alpha value is -2.24. The largest absolute Gasteiger partial charge is 0.481 e. The summed E-state index contributed by atoms with van der Waals surface area (Å²) in [5.41, 5.74) is 0.886. The molecule has 2 N–H and O–H groups in total. The average molecular weight is 244 g/mol. The van der Waals surface area contributed by atoms with Crippen LogP contribution in [0.5, 0.6) is 0 Å². The van der Waals surface area contributed by atoms with Gasteiger partial charge in [0.2, 0.25) is 5.82 Å². The van der Waals surface area contributed by atoms with E-state index in [1.54, 1.807) is 0 Å². The molecule has 1 heterocycles. The van der Waals surface area contributed by atoms with Crippen molar-refractivity contribution in [2.24, 2.45) is 0 Å². The first kappa shape index (κ1) is 10.9. The summed E-state index contributed by atoms with van der Waals surface area (Å²) >= 11 is 0. The van der Waals surface area contributed by atoms with Crippen LogP contribution in [0, 0.1) is 0 Å². The van der Waals surface area contributed by atoms with Crippen LogP contribution in [0.2, 0.25) is 0 Å². The number of H-pyrrole nitrogens is 1. The van der Waals surface area contributed by atoms with E-state index in [4.69, 9.17) is 0 Å². The van der Waals surface area contributed by atoms with Crippen LogP contribution in [0.4, 0.5) is 0 Å². The minimum atomic E-state index is -0.751. The van der Waals surface area contributed by atoms with Gasteiger partial charge in [-0.2, -0.15) is 5.21 Å². The van der Waals surface area contributed by atoms with Crippen LogP contribution in [0.3, 0.4) is 0 Å². The number of benzene rings is 1. The number of carboxylic acid groups (broad SMARTS) is 1. The minimum absolute atomic E-state index is 0.483. The fraction of sp³-hybridized carbons (Fsp3) is 0.333. The number of hydrogen-bond acceptors (Lipinski definition) is 4. The molecule has 0 aliphatic heterocycles. The first-order chi connectivity index (χ1) is 8.72. The quantitative estimate of drug-likeness (QED) is 0.850. The lowest BCUT2D eigenvalue weighted by Gasteiger charge is -2.38. The van der Waals surface area contributed by atoms with Crippen molar-refractivity contribution < 1.29 is 9.90 Å². The number of aromatic amines is 1. The molecule has 1 fully saturated rings. The van der Waals surface area contributed by atoms with Gasteiger partial charge in [-0.05, 0) is 29.7 Å². The fourth-order valence-electron chi connectivity index (χ4n) is 2.40. The number of rotatable bonds is 3. The molecule has 0 amide bonds. The van der Waals surface area contributed by atoms with Crippen molar-refractivity contribution in [2.45, 2.75) is 24.7 Å². The summed E-state index contributed by atoms with van der Waals surface area (Å²) in [6.45, 7) is 0. The standard InChI is InChI=1S/C12H12N4O2/c17-11(18)12(5-2-6-12)9-4-1-3-8(7-9)10-13-15-16-14-10/h1,3-4,7H,2,5-6H2,(H,17,18)(H,13,14,15,16).